The highest BCUT2D eigenvalue weighted by molar-refractivity contribution is 6.36. The van der Waals surface area contributed by atoms with Gasteiger partial charge in [-0.25, -0.2) is 0 Å². The van der Waals surface area contributed by atoms with Gasteiger partial charge in [0, 0.05) is 41.8 Å². The Morgan fingerprint density at radius 2 is 2.22 bits per heavy atom. The maximum Gasteiger partial charge on any atom is 0.0768 e. The number of rotatable bonds is 2. The van der Waals surface area contributed by atoms with Gasteiger partial charge in [-0.2, -0.15) is 5.10 Å². The fraction of sp³-hybridized carbons (Fsp3) is 0.235. The highest BCUT2D eigenvalue weighted by Crippen LogP contribution is 2.35. The first-order valence-electron chi connectivity index (χ1n) is 7.58. The molecule has 0 aliphatic carbocycles. The first-order valence-corrected chi connectivity index (χ1v) is 8.34. The number of nitrogens with zero attached hydrogens (tertiary/aromatic N) is 3. The van der Waals surface area contributed by atoms with Crippen LogP contribution in [0.1, 0.15) is 29.8 Å². The largest absolute Gasteiger partial charge is 0.317 e. The number of aryl methyl sites for hydroxylation is 1. The summed E-state index contributed by atoms with van der Waals surface area (Å²) in [5.41, 5.74) is 4.37. The first kappa shape index (κ1) is 14.8. The summed E-state index contributed by atoms with van der Waals surface area (Å²) in [6.07, 6.45) is 6.04. The number of halogens is 2. The van der Waals surface area contributed by atoms with Gasteiger partial charge in [0.15, 0.2) is 0 Å². The van der Waals surface area contributed by atoms with E-state index in [9.17, 15) is 0 Å². The van der Waals surface area contributed by atoms with Gasteiger partial charge >= 0.3 is 0 Å². The van der Waals surface area contributed by atoms with Crippen LogP contribution < -0.4 is 5.32 Å². The zero-order chi connectivity index (χ0) is 16.0. The van der Waals surface area contributed by atoms with Gasteiger partial charge in [0.1, 0.15) is 0 Å². The maximum atomic E-state index is 6.48. The third-order valence-electron chi connectivity index (χ3n) is 4.23. The average Bonchev–Trinajstić information content (AvgIpc) is 3.15. The molecule has 1 aromatic carbocycles. The normalized spacial score (nSPS) is 16.7. The van der Waals surface area contributed by atoms with E-state index in [0.29, 0.717) is 16.6 Å². The van der Waals surface area contributed by atoms with Crippen molar-refractivity contribution in [2.24, 2.45) is 0 Å². The second kappa shape index (κ2) is 5.71. The summed E-state index contributed by atoms with van der Waals surface area (Å²) in [5.74, 6) is 0. The molecule has 118 valence electrons. The van der Waals surface area contributed by atoms with E-state index >= 15 is 0 Å². The molecule has 1 unspecified atom stereocenters. The summed E-state index contributed by atoms with van der Waals surface area (Å²) < 4.78 is 4.08. The Labute approximate surface area is 144 Å². The molecule has 0 bridgehead atoms. The Morgan fingerprint density at radius 1 is 1.35 bits per heavy atom. The SMILES string of the molecule is CCn1cc(C2NCc3cc(Cl)cc(Cl)c3-n3cccc32)cn1. The fourth-order valence-electron chi connectivity index (χ4n) is 3.16. The molecule has 0 saturated heterocycles. The third-order valence-corrected chi connectivity index (χ3v) is 4.74. The molecule has 0 amide bonds. The number of benzene rings is 1. The van der Waals surface area contributed by atoms with Crippen molar-refractivity contribution in [3.05, 3.63) is 69.7 Å². The van der Waals surface area contributed by atoms with Crippen molar-refractivity contribution in [3.63, 3.8) is 0 Å². The molecule has 3 heterocycles. The lowest BCUT2D eigenvalue weighted by Gasteiger charge is -2.16. The van der Waals surface area contributed by atoms with Crippen LogP contribution in [0.2, 0.25) is 10.0 Å². The zero-order valence-electron chi connectivity index (χ0n) is 12.6. The summed E-state index contributed by atoms with van der Waals surface area (Å²) in [6, 6.07) is 7.97. The number of fused-ring (bicyclic) bond motifs is 3. The molecule has 0 radical (unpaired) electrons. The number of hydrogen-bond acceptors (Lipinski definition) is 2. The molecule has 1 aliphatic heterocycles. The predicted molar refractivity (Wildman–Crippen MR) is 92.4 cm³/mol. The van der Waals surface area contributed by atoms with Gasteiger partial charge in [0.2, 0.25) is 0 Å². The minimum Gasteiger partial charge on any atom is -0.317 e. The molecule has 1 N–H and O–H groups in total. The van der Waals surface area contributed by atoms with Crippen LogP contribution in [0, 0.1) is 0 Å². The third kappa shape index (κ3) is 2.47. The molecule has 1 aliphatic rings. The topological polar surface area (TPSA) is 34.8 Å². The van der Waals surface area contributed by atoms with E-state index in [0.717, 1.165) is 29.1 Å². The quantitative estimate of drug-likeness (QED) is 0.754. The maximum absolute atomic E-state index is 6.48. The number of hydrogen-bond donors (Lipinski definition) is 1. The summed E-state index contributed by atoms with van der Waals surface area (Å²) in [5, 5.41) is 9.31. The van der Waals surface area contributed by atoms with E-state index < -0.39 is 0 Å². The summed E-state index contributed by atoms with van der Waals surface area (Å²) in [6.45, 7) is 3.63. The molecule has 6 heteroatoms. The smallest absolute Gasteiger partial charge is 0.0768 e. The summed E-state index contributed by atoms with van der Waals surface area (Å²) in [4.78, 5) is 0. The van der Waals surface area contributed by atoms with E-state index in [-0.39, 0.29) is 6.04 Å². The number of nitrogens with one attached hydrogen (secondary N) is 1. The molecule has 0 spiro atoms. The summed E-state index contributed by atoms with van der Waals surface area (Å²) >= 11 is 12.7. The van der Waals surface area contributed by atoms with Crippen molar-refractivity contribution in [1.29, 1.82) is 0 Å². The second-order valence-electron chi connectivity index (χ2n) is 5.64. The monoisotopic (exact) mass is 346 g/mol. The van der Waals surface area contributed by atoms with E-state index in [1.807, 2.05) is 29.2 Å². The molecule has 2 aromatic heterocycles. The van der Waals surface area contributed by atoms with Crippen molar-refractivity contribution in [1.82, 2.24) is 19.7 Å². The van der Waals surface area contributed by atoms with Gasteiger partial charge in [0.25, 0.3) is 0 Å². The lowest BCUT2D eigenvalue weighted by atomic mass is 10.1. The van der Waals surface area contributed by atoms with Crippen LogP contribution in [0.5, 0.6) is 0 Å². The van der Waals surface area contributed by atoms with Gasteiger partial charge in [-0.05, 0) is 36.8 Å². The Kier molecular flexibility index (Phi) is 3.68. The Hall–Kier alpha value is -1.75. The molecular formula is C17H16Cl2N4. The fourth-order valence-corrected chi connectivity index (χ4v) is 3.79. The van der Waals surface area contributed by atoms with Crippen LogP contribution in [0.4, 0.5) is 0 Å². The van der Waals surface area contributed by atoms with Crippen molar-refractivity contribution >= 4 is 23.2 Å². The van der Waals surface area contributed by atoms with E-state index in [1.165, 1.54) is 0 Å². The van der Waals surface area contributed by atoms with Crippen LogP contribution in [0.3, 0.4) is 0 Å². The molecule has 23 heavy (non-hydrogen) atoms. The molecule has 4 rings (SSSR count). The highest BCUT2D eigenvalue weighted by atomic mass is 35.5. The van der Waals surface area contributed by atoms with Crippen LogP contribution in [0.15, 0.2) is 42.9 Å². The molecule has 1 atom stereocenters. The average molecular weight is 347 g/mol. The number of aromatic nitrogens is 3. The van der Waals surface area contributed by atoms with E-state index in [2.05, 4.69) is 34.2 Å². The van der Waals surface area contributed by atoms with Gasteiger partial charge in [0.05, 0.1) is 22.9 Å². The van der Waals surface area contributed by atoms with E-state index in [1.54, 1.807) is 6.07 Å². The highest BCUT2D eigenvalue weighted by Gasteiger charge is 2.25. The van der Waals surface area contributed by atoms with Gasteiger partial charge in [-0.1, -0.05) is 23.2 Å². The van der Waals surface area contributed by atoms with Crippen molar-refractivity contribution in [2.75, 3.05) is 0 Å². The predicted octanol–water partition coefficient (Wildman–Crippen LogP) is 4.19. The first-order chi connectivity index (χ1) is 11.2. The molecule has 0 fully saturated rings. The molecule has 3 aromatic rings. The zero-order valence-corrected chi connectivity index (χ0v) is 14.1. The summed E-state index contributed by atoms with van der Waals surface area (Å²) in [7, 11) is 0. The molecule has 4 nitrogen and oxygen atoms in total. The molecular weight excluding hydrogens is 331 g/mol. The van der Waals surface area contributed by atoms with Crippen molar-refractivity contribution in [2.45, 2.75) is 26.1 Å². The van der Waals surface area contributed by atoms with Crippen LogP contribution >= 0.6 is 23.2 Å². The van der Waals surface area contributed by atoms with Crippen LogP contribution in [-0.2, 0) is 13.1 Å². The Morgan fingerprint density at radius 3 is 3.00 bits per heavy atom. The minimum absolute atomic E-state index is 0.0625. The van der Waals surface area contributed by atoms with E-state index in [4.69, 9.17) is 23.2 Å². The van der Waals surface area contributed by atoms with Crippen LogP contribution in [-0.4, -0.2) is 14.3 Å². The van der Waals surface area contributed by atoms with Gasteiger partial charge < -0.3 is 9.88 Å². The van der Waals surface area contributed by atoms with Crippen LogP contribution in [0.25, 0.3) is 5.69 Å². The van der Waals surface area contributed by atoms with Gasteiger partial charge in [-0.15, -0.1) is 0 Å². The lowest BCUT2D eigenvalue weighted by Crippen LogP contribution is -2.20. The standard InChI is InChI=1S/C17H16Cl2N4/c1-2-22-10-12(9-21-22)16-15-4-3-5-23(15)17-11(8-20-16)6-13(18)7-14(17)19/h3-7,9-10,16,20H,2,8H2,1H3. The lowest BCUT2D eigenvalue weighted by molar-refractivity contribution is 0.598. The van der Waals surface area contributed by atoms with Gasteiger partial charge in [-0.3, -0.25) is 4.68 Å². The second-order valence-corrected chi connectivity index (χ2v) is 6.49. The van der Waals surface area contributed by atoms with Crippen molar-refractivity contribution in [3.8, 4) is 5.69 Å². The Balaban J connectivity index is 1.86. The molecule has 0 saturated carbocycles. The Bertz CT molecular complexity index is 865. The minimum atomic E-state index is 0.0625. The van der Waals surface area contributed by atoms with Crippen molar-refractivity contribution < 1.29 is 0 Å².